The fourth-order valence-corrected chi connectivity index (χ4v) is 3.28. The van der Waals surface area contributed by atoms with Crippen molar-refractivity contribution in [3.63, 3.8) is 0 Å². The predicted molar refractivity (Wildman–Crippen MR) is 122 cm³/mol. The molecule has 0 fully saturated rings. The molecule has 3 aromatic rings. The number of hydrogen-bond donors (Lipinski definition) is 0. The van der Waals surface area contributed by atoms with Gasteiger partial charge in [0.1, 0.15) is 5.69 Å². The number of nitrogens with zero attached hydrogens (tertiary/aromatic N) is 1. The third-order valence-electron chi connectivity index (χ3n) is 4.58. The van der Waals surface area contributed by atoms with Gasteiger partial charge in [-0.25, -0.2) is 4.39 Å². The van der Waals surface area contributed by atoms with E-state index >= 15 is 0 Å². The van der Waals surface area contributed by atoms with Gasteiger partial charge in [0, 0.05) is 11.1 Å². The highest BCUT2D eigenvalue weighted by molar-refractivity contribution is 7.78. The maximum Gasteiger partial charge on any atom is 0.151 e. The standard InChI is InChI=1S/C26H22FNS/c1-18(2)14-21-8-12-24(13-9-21)23-10-6-20(7-11-23)4-5-22-15-19(3)26(28-17-29)25(27)16-22/h6-13,15-16,18H,14H2,1-3H3. The van der Waals surface area contributed by atoms with Crippen LogP contribution >= 0.6 is 12.2 Å². The van der Waals surface area contributed by atoms with Crippen molar-refractivity contribution < 1.29 is 4.39 Å². The normalized spacial score (nSPS) is 10.2. The van der Waals surface area contributed by atoms with Gasteiger partial charge in [0.25, 0.3) is 0 Å². The van der Waals surface area contributed by atoms with Gasteiger partial charge in [0.15, 0.2) is 5.82 Å². The monoisotopic (exact) mass is 399 g/mol. The molecule has 0 aliphatic heterocycles. The maximum absolute atomic E-state index is 14.1. The predicted octanol–water partition coefficient (Wildman–Crippen LogP) is 7.13. The summed E-state index contributed by atoms with van der Waals surface area (Å²) >= 11 is 4.56. The van der Waals surface area contributed by atoms with Crippen molar-refractivity contribution in [1.29, 1.82) is 0 Å². The number of thiocarbonyl (C=S) groups is 1. The first-order chi connectivity index (χ1) is 14.0. The number of halogens is 1. The molecule has 0 saturated heterocycles. The molecule has 0 radical (unpaired) electrons. The first kappa shape index (κ1) is 20.7. The Morgan fingerprint density at radius 2 is 1.48 bits per heavy atom. The molecular weight excluding hydrogens is 377 g/mol. The molecule has 0 amide bonds. The molecule has 0 N–H and O–H groups in total. The van der Waals surface area contributed by atoms with E-state index in [1.165, 1.54) is 17.2 Å². The van der Waals surface area contributed by atoms with Crippen LogP contribution < -0.4 is 0 Å². The summed E-state index contributed by atoms with van der Waals surface area (Å²) in [6.45, 7) is 6.23. The third kappa shape index (κ3) is 5.48. The van der Waals surface area contributed by atoms with Crippen LogP contribution in [0.4, 0.5) is 10.1 Å². The fourth-order valence-electron chi connectivity index (χ4n) is 3.19. The Morgan fingerprint density at radius 3 is 2.03 bits per heavy atom. The van der Waals surface area contributed by atoms with E-state index in [1.54, 1.807) is 13.0 Å². The Hall–Kier alpha value is -3.05. The van der Waals surface area contributed by atoms with Crippen molar-refractivity contribution in [2.24, 2.45) is 10.9 Å². The van der Waals surface area contributed by atoms with Gasteiger partial charge in [0.2, 0.25) is 0 Å². The van der Waals surface area contributed by atoms with Crippen LogP contribution in [-0.2, 0) is 6.42 Å². The Balaban J connectivity index is 1.77. The van der Waals surface area contributed by atoms with E-state index in [4.69, 9.17) is 0 Å². The molecule has 0 aromatic heterocycles. The topological polar surface area (TPSA) is 12.4 Å². The van der Waals surface area contributed by atoms with Crippen molar-refractivity contribution in [2.45, 2.75) is 27.2 Å². The molecule has 0 aliphatic rings. The van der Waals surface area contributed by atoms with Crippen molar-refractivity contribution in [3.05, 3.63) is 88.7 Å². The average molecular weight is 400 g/mol. The quantitative estimate of drug-likeness (QED) is 0.258. The molecule has 0 atom stereocenters. The minimum Gasteiger partial charge on any atom is -0.205 e. The van der Waals surface area contributed by atoms with E-state index < -0.39 is 5.82 Å². The molecular formula is C26H22FNS. The number of isothiocyanates is 1. The van der Waals surface area contributed by atoms with Gasteiger partial charge >= 0.3 is 0 Å². The smallest absolute Gasteiger partial charge is 0.151 e. The first-order valence-corrected chi connectivity index (χ1v) is 9.96. The van der Waals surface area contributed by atoms with E-state index in [1.807, 2.05) is 12.1 Å². The van der Waals surface area contributed by atoms with Crippen molar-refractivity contribution in [3.8, 4) is 23.0 Å². The van der Waals surface area contributed by atoms with E-state index in [-0.39, 0.29) is 5.69 Å². The second kappa shape index (κ2) is 9.43. The summed E-state index contributed by atoms with van der Waals surface area (Å²) in [5, 5.41) is 2.21. The van der Waals surface area contributed by atoms with Gasteiger partial charge in [0.05, 0.1) is 5.16 Å². The van der Waals surface area contributed by atoms with Crippen molar-refractivity contribution >= 4 is 23.1 Å². The Kier molecular flexibility index (Phi) is 6.73. The molecule has 0 bridgehead atoms. The summed E-state index contributed by atoms with van der Waals surface area (Å²) in [5.74, 6) is 6.32. The Bertz CT molecular complexity index is 1090. The number of aryl methyl sites for hydroxylation is 1. The molecule has 1 nitrogen and oxygen atoms in total. The van der Waals surface area contributed by atoms with Gasteiger partial charge < -0.3 is 0 Å². The van der Waals surface area contributed by atoms with Crippen molar-refractivity contribution in [1.82, 2.24) is 0 Å². The molecule has 3 rings (SSSR count). The lowest BCUT2D eigenvalue weighted by Crippen LogP contribution is -1.93. The summed E-state index contributed by atoms with van der Waals surface area (Å²) in [6, 6.07) is 20.0. The van der Waals surface area contributed by atoms with Gasteiger partial charge in [-0.2, -0.15) is 4.99 Å². The van der Waals surface area contributed by atoms with Crippen LogP contribution in [-0.4, -0.2) is 5.16 Å². The molecule has 3 aromatic carbocycles. The van der Waals surface area contributed by atoms with E-state index in [0.717, 1.165) is 17.5 Å². The van der Waals surface area contributed by atoms with Crippen LogP contribution in [0.2, 0.25) is 0 Å². The molecule has 0 unspecified atom stereocenters. The highest BCUT2D eigenvalue weighted by Crippen LogP contribution is 2.24. The number of benzene rings is 3. The molecule has 0 aliphatic carbocycles. The zero-order valence-electron chi connectivity index (χ0n) is 16.8. The Morgan fingerprint density at radius 1 is 0.897 bits per heavy atom. The van der Waals surface area contributed by atoms with Crippen LogP contribution in [0.25, 0.3) is 11.1 Å². The van der Waals surface area contributed by atoms with E-state index in [9.17, 15) is 4.39 Å². The highest BCUT2D eigenvalue weighted by Gasteiger charge is 2.06. The summed E-state index contributed by atoms with van der Waals surface area (Å²) < 4.78 is 14.1. The molecule has 29 heavy (non-hydrogen) atoms. The van der Waals surface area contributed by atoms with Crippen molar-refractivity contribution in [2.75, 3.05) is 0 Å². The minimum atomic E-state index is -0.442. The summed E-state index contributed by atoms with van der Waals surface area (Å²) in [6.07, 6.45) is 1.09. The zero-order valence-corrected chi connectivity index (χ0v) is 17.6. The lowest BCUT2D eigenvalue weighted by atomic mass is 9.98. The maximum atomic E-state index is 14.1. The summed E-state index contributed by atoms with van der Waals surface area (Å²) in [4.78, 5) is 3.76. The van der Waals surface area contributed by atoms with Gasteiger partial charge in [-0.15, -0.1) is 0 Å². The number of hydrogen-bond acceptors (Lipinski definition) is 2. The van der Waals surface area contributed by atoms with Crippen LogP contribution in [0.5, 0.6) is 0 Å². The second-order valence-corrected chi connectivity index (χ2v) is 7.63. The molecule has 0 saturated carbocycles. The zero-order chi connectivity index (χ0) is 20.8. The van der Waals surface area contributed by atoms with Crippen LogP contribution in [0.1, 0.15) is 36.1 Å². The Labute approximate surface area is 177 Å². The van der Waals surface area contributed by atoms with Crippen LogP contribution in [0.3, 0.4) is 0 Å². The highest BCUT2D eigenvalue weighted by atomic mass is 32.1. The lowest BCUT2D eigenvalue weighted by molar-refractivity contribution is 0.628. The van der Waals surface area contributed by atoms with Gasteiger partial charge in [-0.3, -0.25) is 0 Å². The number of aliphatic imine (C=N–C) groups is 1. The van der Waals surface area contributed by atoms with Gasteiger partial charge in [-0.1, -0.05) is 62.1 Å². The number of rotatable bonds is 4. The van der Waals surface area contributed by atoms with Crippen LogP contribution in [0.15, 0.2) is 65.7 Å². The second-order valence-electron chi connectivity index (χ2n) is 7.45. The SMILES string of the molecule is Cc1cc(C#Cc2ccc(-c3ccc(CC(C)C)cc3)cc2)cc(F)c1N=C=S. The first-order valence-electron chi connectivity index (χ1n) is 9.55. The summed E-state index contributed by atoms with van der Waals surface area (Å²) in [5.41, 5.74) is 6.07. The molecule has 0 heterocycles. The minimum absolute atomic E-state index is 0.217. The third-order valence-corrected chi connectivity index (χ3v) is 4.67. The average Bonchev–Trinajstić information content (AvgIpc) is 2.70. The molecule has 0 spiro atoms. The molecule has 3 heteroatoms. The van der Waals surface area contributed by atoms with E-state index in [2.05, 4.69) is 84.5 Å². The largest absolute Gasteiger partial charge is 0.205 e. The van der Waals surface area contributed by atoms with E-state index in [0.29, 0.717) is 17.0 Å². The summed E-state index contributed by atoms with van der Waals surface area (Å²) in [7, 11) is 0. The van der Waals surface area contributed by atoms with Crippen LogP contribution in [0, 0.1) is 30.5 Å². The lowest BCUT2D eigenvalue weighted by Gasteiger charge is -2.07. The molecule has 144 valence electrons. The fraction of sp³-hybridized carbons (Fsp3) is 0.192. The van der Waals surface area contributed by atoms with Gasteiger partial charge in [-0.05, 0) is 78.0 Å².